The number of aromatic nitrogens is 3. The van der Waals surface area contributed by atoms with Crippen molar-refractivity contribution in [1.29, 1.82) is 0 Å². The van der Waals surface area contributed by atoms with Crippen molar-refractivity contribution in [2.45, 2.75) is 12.6 Å². The molecule has 0 N–H and O–H groups in total. The average molecular weight is 427 g/mol. The summed E-state index contributed by atoms with van der Waals surface area (Å²) in [6, 6.07) is 21.0. The minimum absolute atomic E-state index is 0.0152. The first kappa shape index (κ1) is 19.9. The Balaban J connectivity index is 1.45. The Hall–Kier alpha value is -4.06. The lowest BCUT2D eigenvalue weighted by atomic mass is 9.98. The van der Waals surface area contributed by atoms with Crippen LogP contribution in [0, 0.1) is 11.6 Å². The molecular weight excluding hydrogens is 408 g/mol. The summed E-state index contributed by atoms with van der Waals surface area (Å²) >= 11 is 0. The minimum Gasteiger partial charge on any atom is -0.489 e. The Morgan fingerprint density at radius 1 is 0.906 bits per heavy atom. The van der Waals surface area contributed by atoms with Crippen LogP contribution in [-0.2, 0) is 6.61 Å². The van der Waals surface area contributed by atoms with E-state index >= 15 is 0 Å². The van der Waals surface area contributed by atoms with E-state index in [1.54, 1.807) is 12.5 Å². The SMILES string of the molecule is Fc1ccc(COc2ccc(C(c3nccc4ccccc34)n3ccnc3)cc2)c(F)c1. The maximum atomic E-state index is 13.9. The zero-order valence-corrected chi connectivity index (χ0v) is 17.0. The van der Waals surface area contributed by atoms with Crippen LogP contribution >= 0.6 is 0 Å². The molecule has 0 saturated heterocycles. The quantitative estimate of drug-likeness (QED) is 0.337. The molecular formula is C26H19F2N3O. The summed E-state index contributed by atoms with van der Waals surface area (Å²) < 4.78 is 34.7. The maximum absolute atomic E-state index is 13.9. The maximum Gasteiger partial charge on any atom is 0.132 e. The molecule has 3 aromatic carbocycles. The third-order valence-electron chi connectivity index (χ3n) is 5.39. The molecule has 0 fully saturated rings. The summed E-state index contributed by atoms with van der Waals surface area (Å²) in [5.74, 6) is -0.639. The van der Waals surface area contributed by atoms with Crippen molar-refractivity contribution >= 4 is 10.8 Å². The van der Waals surface area contributed by atoms with Gasteiger partial charge in [-0.05, 0) is 41.3 Å². The van der Waals surface area contributed by atoms with Gasteiger partial charge in [-0.3, -0.25) is 4.98 Å². The van der Waals surface area contributed by atoms with E-state index < -0.39 is 11.6 Å². The van der Waals surface area contributed by atoms with Crippen LogP contribution in [0.15, 0.2) is 97.7 Å². The van der Waals surface area contributed by atoms with E-state index in [0.29, 0.717) is 11.3 Å². The van der Waals surface area contributed by atoms with Crippen LogP contribution in [0.5, 0.6) is 5.75 Å². The molecule has 0 saturated carbocycles. The fourth-order valence-corrected chi connectivity index (χ4v) is 3.80. The van der Waals surface area contributed by atoms with Crippen LogP contribution in [0.1, 0.15) is 22.9 Å². The van der Waals surface area contributed by atoms with Gasteiger partial charge in [-0.1, -0.05) is 36.4 Å². The van der Waals surface area contributed by atoms with Gasteiger partial charge in [0.2, 0.25) is 0 Å². The second-order valence-electron chi connectivity index (χ2n) is 7.42. The molecule has 1 unspecified atom stereocenters. The smallest absolute Gasteiger partial charge is 0.132 e. The lowest BCUT2D eigenvalue weighted by Crippen LogP contribution is -2.13. The first-order valence-electron chi connectivity index (χ1n) is 10.2. The minimum atomic E-state index is -0.621. The van der Waals surface area contributed by atoms with Crippen molar-refractivity contribution in [1.82, 2.24) is 14.5 Å². The van der Waals surface area contributed by atoms with Crippen molar-refractivity contribution in [3.8, 4) is 5.75 Å². The average Bonchev–Trinajstić information content (AvgIpc) is 3.34. The monoisotopic (exact) mass is 427 g/mol. The lowest BCUT2D eigenvalue weighted by Gasteiger charge is -2.20. The number of fused-ring (bicyclic) bond motifs is 1. The predicted octanol–water partition coefficient (Wildman–Crippen LogP) is 5.93. The number of imidazole rings is 1. The molecule has 0 aliphatic heterocycles. The number of hydrogen-bond acceptors (Lipinski definition) is 3. The number of rotatable bonds is 6. The summed E-state index contributed by atoms with van der Waals surface area (Å²) in [4.78, 5) is 8.92. The Kier molecular flexibility index (Phi) is 5.34. The molecule has 0 bridgehead atoms. The molecule has 2 heterocycles. The fourth-order valence-electron chi connectivity index (χ4n) is 3.80. The zero-order valence-electron chi connectivity index (χ0n) is 17.0. The van der Waals surface area contributed by atoms with Gasteiger partial charge in [-0.15, -0.1) is 0 Å². The topological polar surface area (TPSA) is 39.9 Å². The molecule has 2 aromatic heterocycles. The molecule has 0 aliphatic carbocycles. The number of halogens is 2. The van der Waals surface area contributed by atoms with E-state index in [1.807, 2.05) is 59.4 Å². The van der Waals surface area contributed by atoms with Crippen molar-refractivity contribution in [2.75, 3.05) is 0 Å². The Labute approximate surface area is 183 Å². The number of ether oxygens (including phenoxy) is 1. The molecule has 32 heavy (non-hydrogen) atoms. The zero-order chi connectivity index (χ0) is 21.9. The Bertz CT molecular complexity index is 1350. The van der Waals surface area contributed by atoms with Crippen LogP contribution in [0.3, 0.4) is 0 Å². The van der Waals surface area contributed by atoms with E-state index in [9.17, 15) is 8.78 Å². The van der Waals surface area contributed by atoms with E-state index in [2.05, 4.69) is 17.1 Å². The van der Waals surface area contributed by atoms with Gasteiger partial charge in [0.25, 0.3) is 0 Å². The van der Waals surface area contributed by atoms with Crippen molar-refractivity contribution < 1.29 is 13.5 Å². The number of hydrogen-bond donors (Lipinski definition) is 0. The second-order valence-corrected chi connectivity index (χ2v) is 7.42. The molecule has 6 heteroatoms. The first-order valence-corrected chi connectivity index (χ1v) is 10.2. The highest BCUT2D eigenvalue weighted by atomic mass is 19.1. The van der Waals surface area contributed by atoms with Crippen LogP contribution in [-0.4, -0.2) is 14.5 Å². The van der Waals surface area contributed by atoms with Gasteiger partial charge >= 0.3 is 0 Å². The highest BCUT2D eigenvalue weighted by Crippen LogP contribution is 2.31. The molecule has 158 valence electrons. The highest BCUT2D eigenvalue weighted by Gasteiger charge is 2.20. The van der Waals surface area contributed by atoms with E-state index in [4.69, 9.17) is 9.72 Å². The number of benzene rings is 3. The van der Waals surface area contributed by atoms with E-state index in [0.717, 1.165) is 28.1 Å². The second kappa shape index (κ2) is 8.59. The third-order valence-corrected chi connectivity index (χ3v) is 5.39. The van der Waals surface area contributed by atoms with Crippen LogP contribution in [0.2, 0.25) is 0 Å². The van der Waals surface area contributed by atoms with Crippen LogP contribution in [0.4, 0.5) is 8.78 Å². The number of nitrogens with zero attached hydrogens (tertiary/aromatic N) is 3. The van der Waals surface area contributed by atoms with Gasteiger partial charge in [0.05, 0.1) is 12.0 Å². The molecule has 5 aromatic rings. The predicted molar refractivity (Wildman–Crippen MR) is 118 cm³/mol. The van der Waals surface area contributed by atoms with Gasteiger partial charge in [-0.2, -0.15) is 0 Å². The largest absolute Gasteiger partial charge is 0.489 e. The molecule has 4 nitrogen and oxygen atoms in total. The first-order chi connectivity index (χ1) is 15.7. The van der Waals surface area contributed by atoms with Gasteiger partial charge in [-0.25, -0.2) is 13.8 Å². The molecule has 0 amide bonds. The van der Waals surface area contributed by atoms with Gasteiger partial charge < -0.3 is 9.30 Å². The highest BCUT2D eigenvalue weighted by molar-refractivity contribution is 5.85. The van der Waals surface area contributed by atoms with E-state index in [1.165, 1.54) is 12.1 Å². The Morgan fingerprint density at radius 2 is 1.75 bits per heavy atom. The summed E-state index contributed by atoms with van der Waals surface area (Å²) in [7, 11) is 0. The van der Waals surface area contributed by atoms with Crippen molar-refractivity contribution in [2.24, 2.45) is 0 Å². The molecule has 5 rings (SSSR count). The summed E-state index contributed by atoms with van der Waals surface area (Å²) in [5.41, 5.74) is 2.22. The fraction of sp³-hybridized carbons (Fsp3) is 0.0769. The van der Waals surface area contributed by atoms with Gasteiger partial charge in [0.1, 0.15) is 30.0 Å². The lowest BCUT2D eigenvalue weighted by molar-refractivity contribution is 0.299. The van der Waals surface area contributed by atoms with Crippen LogP contribution < -0.4 is 4.74 Å². The van der Waals surface area contributed by atoms with E-state index in [-0.39, 0.29) is 12.6 Å². The Morgan fingerprint density at radius 3 is 2.53 bits per heavy atom. The molecule has 0 radical (unpaired) electrons. The van der Waals surface area contributed by atoms with Gasteiger partial charge in [0.15, 0.2) is 0 Å². The summed E-state index contributed by atoms with van der Waals surface area (Å²) in [6.45, 7) is 0.0152. The van der Waals surface area contributed by atoms with Crippen molar-refractivity contribution in [3.05, 3.63) is 126 Å². The summed E-state index contributed by atoms with van der Waals surface area (Å²) in [6.07, 6.45) is 7.24. The third kappa shape index (κ3) is 3.95. The van der Waals surface area contributed by atoms with Gasteiger partial charge in [0, 0.05) is 35.6 Å². The summed E-state index contributed by atoms with van der Waals surface area (Å²) in [5, 5.41) is 2.18. The van der Waals surface area contributed by atoms with Crippen molar-refractivity contribution in [3.63, 3.8) is 0 Å². The van der Waals surface area contributed by atoms with Crippen LogP contribution in [0.25, 0.3) is 10.8 Å². The number of pyridine rings is 1. The molecule has 0 aliphatic rings. The molecule has 0 spiro atoms. The standard InChI is InChI=1S/C26H19F2N3O/c27-21-8-5-20(24(28)15-21)16-32-22-9-6-19(7-10-22)26(31-14-13-29-17-31)25-23-4-2-1-3-18(23)11-12-30-25/h1-15,17,26H,16H2. The molecule has 1 atom stereocenters. The normalized spacial score (nSPS) is 12.1.